The number of rotatable bonds is 0. The first-order valence-corrected chi connectivity index (χ1v) is 11.1. The van der Waals surface area contributed by atoms with E-state index < -0.39 is 0 Å². The lowest BCUT2D eigenvalue weighted by molar-refractivity contribution is -0.650. The number of nitrogens with zero attached hydrogens (tertiary/aromatic N) is 1. The summed E-state index contributed by atoms with van der Waals surface area (Å²) >= 11 is 0. The van der Waals surface area contributed by atoms with Crippen LogP contribution in [-0.2, 0) is 7.05 Å². The number of hydrogen-bond acceptors (Lipinski definition) is 0. The molecule has 0 aliphatic carbocycles. The van der Waals surface area contributed by atoms with Gasteiger partial charge in [-0.1, -0.05) is 0 Å². The van der Waals surface area contributed by atoms with Crippen LogP contribution in [0.4, 0.5) is 0 Å². The maximum atomic E-state index is 2.45. The highest BCUT2D eigenvalue weighted by Gasteiger charge is 2.27. The average molecular weight is 399 g/mol. The maximum Gasteiger partial charge on any atom is 0.221 e. The molecule has 4 aromatic rings. The standard InChI is InChI=1S/C29H36N/c1-13-14(2)19(7)26-24(18(13)6)25-20(8)15(3)16(4)21(9)27(25)29-28(26)22(10)17(5)23(11)30(29)12/h1-12H3/q+1. The first-order chi connectivity index (χ1) is 13.9. The van der Waals surface area contributed by atoms with Gasteiger partial charge < -0.3 is 0 Å². The Kier molecular flexibility index (Phi) is 4.55. The van der Waals surface area contributed by atoms with Gasteiger partial charge in [0.15, 0.2) is 5.69 Å². The minimum absolute atomic E-state index is 1.36. The minimum Gasteiger partial charge on any atom is -0.198 e. The third kappa shape index (κ3) is 2.32. The van der Waals surface area contributed by atoms with Crippen molar-refractivity contribution in [2.75, 3.05) is 0 Å². The van der Waals surface area contributed by atoms with E-state index in [4.69, 9.17) is 0 Å². The van der Waals surface area contributed by atoms with E-state index in [-0.39, 0.29) is 0 Å². The molecule has 156 valence electrons. The fraction of sp³-hybridized carbons (Fsp3) is 0.414. The molecule has 0 saturated carbocycles. The Morgan fingerprint density at radius 1 is 0.333 bits per heavy atom. The van der Waals surface area contributed by atoms with E-state index in [0.29, 0.717) is 0 Å². The summed E-state index contributed by atoms with van der Waals surface area (Å²) in [5, 5.41) is 7.27. The van der Waals surface area contributed by atoms with E-state index in [1.807, 2.05) is 0 Å². The van der Waals surface area contributed by atoms with E-state index in [2.05, 4.69) is 87.8 Å². The van der Waals surface area contributed by atoms with Crippen LogP contribution in [0.3, 0.4) is 0 Å². The Bertz CT molecular complexity index is 1120. The fourth-order valence-corrected chi connectivity index (χ4v) is 5.68. The van der Waals surface area contributed by atoms with E-state index >= 15 is 0 Å². The van der Waals surface area contributed by atoms with Crippen molar-refractivity contribution in [3.8, 4) is 0 Å². The Balaban J connectivity index is 2.66. The quantitative estimate of drug-likeness (QED) is 0.215. The Labute approximate surface area is 181 Å². The molecule has 1 aromatic heterocycles. The van der Waals surface area contributed by atoms with Gasteiger partial charge in [-0.3, -0.25) is 0 Å². The third-order valence-electron chi connectivity index (χ3n) is 8.67. The van der Waals surface area contributed by atoms with Gasteiger partial charge in [0.2, 0.25) is 5.52 Å². The monoisotopic (exact) mass is 398 g/mol. The maximum absolute atomic E-state index is 2.45. The molecule has 0 atom stereocenters. The summed E-state index contributed by atoms with van der Waals surface area (Å²) in [7, 11) is 2.25. The predicted molar refractivity (Wildman–Crippen MR) is 132 cm³/mol. The van der Waals surface area contributed by atoms with Crippen molar-refractivity contribution in [3.05, 3.63) is 61.3 Å². The molecule has 0 aliphatic heterocycles. The first kappa shape index (κ1) is 20.8. The smallest absolute Gasteiger partial charge is 0.198 e. The Morgan fingerprint density at radius 2 is 0.600 bits per heavy atom. The second-order valence-corrected chi connectivity index (χ2v) is 9.62. The summed E-state index contributed by atoms with van der Waals surface area (Å²) in [6.07, 6.45) is 0. The van der Waals surface area contributed by atoms with Crippen LogP contribution in [-0.4, -0.2) is 0 Å². The second-order valence-electron chi connectivity index (χ2n) is 9.62. The molecular formula is C29H36N+. The Hall–Kier alpha value is -2.41. The zero-order chi connectivity index (χ0) is 22.4. The third-order valence-corrected chi connectivity index (χ3v) is 8.67. The number of benzene rings is 3. The van der Waals surface area contributed by atoms with Gasteiger partial charge in [0.25, 0.3) is 0 Å². The fourth-order valence-electron chi connectivity index (χ4n) is 5.68. The summed E-state index contributed by atoms with van der Waals surface area (Å²) in [4.78, 5) is 0. The molecule has 0 saturated heterocycles. The van der Waals surface area contributed by atoms with Crippen molar-refractivity contribution in [2.24, 2.45) is 7.05 Å². The molecule has 0 fully saturated rings. The number of hydrogen-bond donors (Lipinski definition) is 0. The molecule has 4 rings (SSSR count). The normalized spacial score (nSPS) is 12.0. The molecule has 0 spiro atoms. The highest BCUT2D eigenvalue weighted by atomic mass is 14.9. The summed E-state index contributed by atoms with van der Waals surface area (Å²) in [5.74, 6) is 0. The lowest BCUT2D eigenvalue weighted by Gasteiger charge is -2.23. The number of fused-ring (bicyclic) bond motifs is 6. The van der Waals surface area contributed by atoms with Crippen LogP contribution in [0.5, 0.6) is 0 Å². The van der Waals surface area contributed by atoms with Crippen molar-refractivity contribution in [1.82, 2.24) is 0 Å². The van der Waals surface area contributed by atoms with Crippen LogP contribution >= 0.6 is 0 Å². The molecule has 0 aliphatic rings. The molecule has 0 N–H and O–H groups in total. The molecular weight excluding hydrogens is 362 g/mol. The zero-order valence-electron chi connectivity index (χ0n) is 20.9. The largest absolute Gasteiger partial charge is 0.221 e. The summed E-state index contributed by atoms with van der Waals surface area (Å²) in [6, 6.07) is 0. The molecule has 1 heteroatoms. The van der Waals surface area contributed by atoms with E-state index in [0.717, 1.165) is 0 Å². The zero-order valence-corrected chi connectivity index (χ0v) is 20.9. The van der Waals surface area contributed by atoms with Crippen molar-refractivity contribution in [2.45, 2.75) is 76.2 Å². The molecule has 0 bridgehead atoms. The van der Waals surface area contributed by atoms with Crippen LogP contribution in [0, 0.1) is 76.2 Å². The molecule has 0 unspecified atom stereocenters. The second kappa shape index (κ2) is 6.54. The van der Waals surface area contributed by atoms with Gasteiger partial charge in [-0.25, -0.2) is 0 Å². The topological polar surface area (TPSA) is 3.88 Å². The molecule has 1 heterocycles. The number of aryl methyl sites for hydroxylation is 6. The van der Waals surface area contributed by atoms with Gasteiger partial charge >= 0.3 is 0 Å². The highest BCUT2D eigenvalue weighted by molar-refractivity contribution is 6.28. The van der Waals surface area contributed by atoms with Crippen LogP contribution in [0.2, 0.25) is 0 Å². The van der Waals surface area contributed by atoms with Crippen molar-refractivity contribution >= 4 is 32.4 Å². The summed E-state index contributed by atoms with van der Waals surface area (Å²) in [5.41, 5.74) is 17.0. The lowest BCUT2D eigenvalue weighted by atomic mass is 9.80. The average Bonchev–Trinajstić information content (AvgIpc) is 2.73. The molecule has 0 amide bonds. The lowest BCUT2D eigenvalue weighted by Crippen LogP contribution is -2.35. The van der Waals surface area contributed by atoms with Gasteiger partial charge in [0, 0.05) is 12.5 Å². The van der Waals surface area contributed by atoms with Crippen LogP contribution < -0.4 is 4.57 Å². The van der Waals surface area contributed by atoms with Crippen molar-refractivity contribution < 1.29 is 4.57 Å². The van der Waals surface area contributed by atoms with Crippen LogP contribution in [0.25, 0.3) is 32.4 Å². The van der Waals surface area contributed by atoms with Crippen molar-refractivity contribution in [3.63, 3.8) is 0 Å². The van der Waals surface area contributed by atoms with Crippen LogP contribution in [0.1, 0.15) is 61.3 Å². The number of aromatic nitrogens is 1. The first-order valence-electron chi connectivity index (χ1n) is 11.1. The van der Waals surface area contributed by atoms with Gasteiger partial charge in [0.1, 0.15) is 7.05 Å². The highest BCUT2D eigenvalue weighted by Crippen LogP contribution is 2.45. The van der Waals surface area contributed by atoms with Crippen molar-refractivity contribution in [1.29, 1.82) is 0 Å². The summed E-state index contributed by atoms with van der Waals surface area (Å²) in [6.45, 7) is 25.3. The van der Waals surface area contributed by atoms with Crippen LogP contribution in [0.15, 0.2) is 0 Å². The van der Waals surface area contributed by atoms with E-state index in [9.17, 15) is 0 Å². The van der Waals surface area contributed by atoms with Gasteiger partial charge in [-0.2, -0.15) is 4.57 Å². The van der Waals surface area contributed by atoms with E-state index in [1.54, 1.807) is 0 Å². The molecule has 1 nitrogen and oxygen atoms in total. The minimum atomic E-state index is 1.36. The van der Waals surface area contributed by atoms with Gasteiger partial charge in [0.05, 0.1) is 10.8 Å². The van der Waals surface area contributed by atoms with E-state index in [1.165, 1.54) is 93.8 Å². The Morgan fingerprint density at radius 3 is 0.967 bits per heavy atom. The SMILES string of the molecule is Cc1c(C)c(C)c2c(c1C)c1c(C)c(C)c(C)c(C)c1c1c2c(C)c(C)c(C)[n+]1C. The molecule has 0 radical (unpaired) electrons. The summed E-state index contributed by atoms with van der Waals surface area (Å²) < 4.78 is 2.45. The number of pyridine rings is 1. The van der Waals surface area contributed by atoms with Gasteiger partial charge in [-0.05, 0) is 135 Å². The molecule has 3 aromatic carbocycles. The predicted octanol–water partition coefficient (Wildman–Crippen LogP) is 7.36. The van der Waals surface area contributed by atoms with Gasteiger partial charge in [-0.15, -0.1) is 0 Å². The molecule has 30 heavy (non-hydrogen) atoms.